The number of rotatable bonds is 8. The fraction of sp³-hybridized carbons (Fsp3) is 0.222. The van der Waals surface area contributed by atoms with Crippen LogP contribution in [-0.4, -0.2) is 26.7 Å². The Labute approximate surface area is 189 Å². The summed E-state index contributed by atoms with van der Waals surface area (Å²) in [5, 5.41) is 3.03. The lowest BCUT2D eigenvalue weighted by molar-refractivity contribution is -0.126. The first-order chi connectivity index (χ1) is 15.5. The van der Waals surface area contributed by atoms with E-state index in [0.29, 0.717) is 17.2 Å². The van der Waals surface area contributed by atoms with Crippen molar-refractivity contribution in [1.82, 2.24) is 0 Å². The molecular formula is C27H27NO4. The van der Waals surface area contributed by atoms with Crippen molar-refractivity contribution >= 4 is 11.6 Å². The topological polar surface area (TPSA) is 56.8 Å². The zero-order chi connectivity index (χ0) is 23.1. The van der Waals surface area contributed by atoms with E-state index < -0.39 is 6.10 Å². The normalized spacial score (nSPS) is 11.3. The van der Waals surface area contributed by atoms with Crippen molar-refractivity contribution in [1.29, 1.82) is 0 Å². The summed E-state index contributed by atoms with van der Waals surface area (Å²) in [6.45, 7) is 4.01. The second-order valence-corrected chi connectivity index (χ2v) is 7.36. The van der Waals surface area contributed by atoms with Gasteiger partial charge in [-0.3, -0.25) is 4.79 Å². The van der Waals surface area contributed by atoms with Gasteiger partial charge >= 0.3 is 0 Å². The molecule has 32 heavy (non-hydrogen) atoms. The maximum absolute atomic E-state index is 13.3. The second kappa shape index (κ2) is 10.5. The number of ether oxygens (including phenoxy) is 3. The lowest BCUT2D eigenvalue weighted by atomic mass is 9.97. The molecule has 0 bridgehead atoms. The molecule has 164 valence electrons. The summed E-state index contributed by atoms with van der Waals surface area (Å²) >= 11 is 0. The molecular weight excluding hydrogens is 402 g/mol. The first kappa shape index (κ1) is 22.9. The number of nitrogens with one attached hydrogen (secondary N) is 1. The fourth-order valence-corrected chi connectivity index (χ4v) is 3.54. The molecule has 0 aromatic heterocycles. The first-order valence-electron chi connectivity index (χ1n) is 10.2. The van der Waals surface area contributed by atoms with Gasteiger partial charge in [0.05, 0.1) is 14.2 Å². The van der Waals surface area contributed by atoms with Crippen LogP contribution in [0.5, 0.6) is 11.5 Å². The Hall–Kier alpha value is -3.75. The molecule has 0 aliphatic heterocycles. The molecule has 0 radical (unpaired) electrons. The van der Waals surface area contributed by atoms with Crippen LogP contribution < -0.4 is 14.8 Å². The van der Waals surface area contributed by atoms with Gasteiger partial charge in [-0.05, 0) is 48.7 Å². The number of anilines is 1. The maximum atomic E-state index is 13.3. The Kier molecular flexibility index (Phi) is 7.54. The fourth-order valence-electron chi connectivity index (χ4n) is 3.54. The summed E-state index contributed by atoms with van der Waals surface area (Å²) in [5.74, 6) is 3.39. The van der Waals surface area contributed by atoms with E-state index >= 15 is 0 Å². The van der Waals surface area contributed by atoms with Gasteiger partial charge < -0.3 is 19.5 Å². The molecule has 1 atom stereocenters. The summed E-state index contributed by atoms with van der Waals surface area (Å²) in [6, 6.07) is 19.1. The van der Waals surface area contributed by atoms with Crippen LogP contribution in [0.4, 0.5) is 5.69 Å². The van der Waals surface area contributed by atoms with E-state index in [4.69, 9.17) is 20.6 Å². The van der Waals surface area contributed by atoms with Gasteiger partial charge in [-0.15, -0.1) is 6.42 Å². The smallest absolute Gasteiger partial charge is 0.258 e. The molecule has 3 aromatic rings. The standard InChI is InChI=1S/C27H27NO4/c1-6-16-32-26(20-12-10-18(2)11-13-20)27(29)28-22-9-7-8-19(3)25(22)21-14-15-23(30-4)24(17-21)31-5/h1,7-15,17,26H,16H2,2-5H3,(H,28,29). The molecule has 1 amide bonds. The average Bonchev–Trinajstić information content (AvgIpc) is 2.80. The van der Waals surface area contributed by atoms with Crippen LogP contribution >= 0.6 is 0 Å². The lowest BCUT2D eigenvalue weighted by Gasteiger charge is -2.20. The quantitative estimate of drug-likeness (QED) is 0.493. The third-order valence-corrected chi connectivity index (χ3v) is 5.15. The molecule has 0 aliphatic rings. The van der Waals surface area contributed by atoms with Crippen LogP contribution in [-0.2, 0) is 9.53 Å². The van der Waals surface area contributed by atoms with Crippen LogP contribution in [0, 0.1) is 26.2 Å². The van der Waals surface area contributed by atoms with Crippen molar-refractivity contribution in [3.63, 3.8) is 0 Å². The third-order valence-electron chi connectivity index (χ3n) is 5.15. The van der Waals surface area contributed by atoms with Gasteiger partial charge in [0.15, 0.2) is 17.6 Å². The number of hydrogen-bond donors (Lipinski definition) is 1. The summed E-state index contributed by atoms with van der Waals surface area (Å²) in [7, 11) is 3.19. The van der Waals surface area contributed by atoms with Gasteiger partial charge in [-0.2, -0.15) is 0 Å². The van der Waals surface area contributed by atoms with E-state index in [0.717, 1.165) is 27.8 Å². The molecule has 0 saturated heterocycles. The second-order valence-electron chi connectivity index (χ2n) is 7.36. The Bertz CT molecular complexity index is 1130. The highest BCUT2D eigenvalue weighted by Crippen LogP contribution is 2.37. The highest BCUT2D eigenvalue weighted by molar-refractivity contribution is 5.99. The van der Waals surface area contributed by atoms with Crippen molar-refractivity contribution in [2.24, 2.45) is 0 Å². The van der Waals surface area contributed by atoms with Crippen LogP contribution in [0.2, 0.25) is 0 Å². The van der Waals surface area contributed by atoms with E-state index in [1.165, 1.54) is 0 Å². The molecule has 0 saturated carbocycles. The summed E-state index contributed by atoms with van der Waals surface area (Å²) in [4.78, 5) is 13.3. The van der Waals surface area contributed by atoms with Crippen molar-refractivity contribution in [2.45, 2.75) is 20.0 Å². The van der Waals surface area contributed by atoms with E-state index in [1.807, 2.05) is 74.5 Å². The van der Waals surface area contributed by atoms with Gasteiger partial charge in [-0.1, -0.05) is 53.9 Å². The van der Waals surface area contributed by atoms with Crippen molar-refractivity contribution in [3.05, 3.63) is 77.4 Å². The highest BCUT2D eigenvalue weighted by Gasteiger charge is 2.23. The molecule has 5 nitrogen and oxygen atoms in total. The number of terminal acetylenes is 1. The first-order valence-corrected chi connectivity index (χ1v) is 10.2. The van der Waals surface area contributed by atoms with Crippen LogP contribution in [0.25, 0.3) is 11.1 Å². The van der Waals surface area contributed by atoms with Crippen LogP contribution in [0.3, 0.4) is 0 Å². The molecule has 0 spiro atoms. The molecule has 3 aromatic carbocycles. The molecule has 5 heteroatoms. The zero-order valence-corrected chi connectivity index (χ0v) is 18.8. The summed E-state index contributed by atoms with van der Waals surface area (Å²) < 4.78 is 16.5. The van der Waals surface area contributed by atoms with Crippen LogP contribution in [0.15, 0.2) is 60.7 Å². The largest absolute Gasteiger partial charge is 0.493 e. The molecule has 3 rings (SSSR count). The number of carbonyl (C=O) groups excluding carboxylic acids is 1. The SMILES string of the molecule is C#CCOC(C(=O)Nc1cccc(C)c1-c1ccc(OC)c(OC)c1)c1ccc(C)cc1. The van der Waals surface area contributed by atoms with Crippen molar-refractivity contribution < 1.29 is 19.0 Å². The minimum absolute atomic E-state index is 0.0301. The third kappa shape index (κ3) is 5.11. The van der Waals surface area contributed by atoms with Gasteiger partial charge in [0.25, 0.3) is 5.91 Å². The van der Waals surface area contributed by atoms with Crippen LogP contribution in [0.1, 0.15) is 22.8 Å². The Morgan fingerprint density at radius 2 is 1.72 bits per heavy atom. The average molecular weight is 430 g/mol. The Morgan fingerprint density at radius 3 is 2.38 bits per heavy atom. The Morgan fingerprint density at radius 1 is 1.00 bits per heavy atom. The molecule has 0 aliphatic carbocycles. The predicted molar refractivity (Wildman–Crippen MR) is 127 cm³/mol. The number of benzene rings is 3. The Balaban J connectivity index is 1.98. The van der Waals surface area contributed by atoms with Gasteiger partial charge in [0.2, 0.25) is 0 Å². The molecule has 0 fully saturated rings. The minimum Gasteiger partial charge on any atom is -0.493 e. The number of aryl methyl sites for hydroxylation is 2. The van der Waals surface area contributed by atoms with Gasteiger partial charge in [-0.25, -0.2) is 0 Å². The predicted octanol–water partition coefficient (Wildman–Crippen LogP) is 5.32. The number of methoxy groups -OCH3 is 2. The lowest BCUT2D eigenvalue weighted by Crippen LogP contribution is -2.24. The summed E-state index contributed by atoms with van der Waals surface area (Å²) in [5.41, 5.74) is 5.30. The van der Waals surface area contributed by atoms with E-state index in [-0.39, 0.29) is 12.5 Å². The molecule has 1 unspecified atom stereocenters. The summed E-state index contributed by atoms with van der Waals surface area (Å²) in [6.07, 6.45) is 4.55. The van der Waals surface area contributed by atoms with E-state index in [2.05, 4.69) is 11.2 Å². The maximum Gasteiger partial charge on any atom is 0.258 e. The number of carbonyl (C=O) groups is 1. The highest BCUT2D eigenvalue weighted by atomic mass is 16.5. The van der Waals surface area contributed by atoms with E-state index in [9.17, 15) is 4.79 Å². The van der Waals surface area contributed by atoms with Gasteiger partial charge in [0.1, 0.15) is 6.61 Å². The number of amides is 1. The number of hydrogen-bond acceptors (Lipinski definition) is 4. The zero-order valence-electron chi connectivity index (χ0n) is 18.8. The monoisotopic (exact) mass is 429 g/mol. The van der Waals surface area contributed by atoms with E-state index in [1.54, 1.807) is 14.2 Å². The van der Waals surface area contributed by atoms with Crippen molar-refractivity contribution in [3.8, 4) is 35.0 Å². The van der Waals surface area contributed by atoms with Crippen molar-refractivity contribution in [2.75, 3.05) is 26.1 Å². The molecule has 1 N–H and O–H groups in total. The minimum atomic E-state index is -0.828. The molecule has 0 heterocycles. The van der Waals surface area contributed by atoms with Gasteiger partial charge in [0, 0.05) is 11.3 Å².